The number of ether oxygens (including phenoxy) is 2. The molecule has 1 amide bonds. The van der Waals surface area contributed by atoms with Crippen LogP contribution in [-0.4, -0.2) is 24.6 Å². The van der Waals surface area contributed by atoms with E-state index in [0.717, 1.165) is 17.8 Å². The summed E-state index contributed by atoms with van der Waals surface area (Å²) in [5.41, 5.74) is 1.22. The van der Waals surface area contributed by atoms with E-state index in [-0.39, 0.29) is 18.6 Å². The number of aryl methyl sites for hydroxylation is 2. The highest BCUT2D eigenvalue weighted by molar-refractivity contribution is 7.11. The molecule has 0 aliphatic heterocycles. The van der Waals surface area contributed by atoms with Gasteiger partial charge in [-0.2, -0.15) is 0 Å². The predicted octanol–water partition coefficient (Wildman–Crippen LogP) is 3.29. The molecule has 3 rings (SSSR count). The van der Waals surface area contributed by atoms with Crippen LogP contribution < -0.4 is 14.8 Å². The lowest BCUT2D eigenvalue weighted by molar-refractivity contribution is -0.123. The fourth-order valence-corrected chi connectivity index (χ4v) is 3.94. The Labute approximate surface area is 146 Å². The number of nitrogens with zero attached hydrogens (tertiary/aromatic N) is 1. The van der Waals surface area contributed by atoms with Gasteiger partial charge in [0.1, 0.15) is 5.01 Å². The molecule has 0 radical (unpaired) electrons. The van der Waals surface area contributed by atoms with Crippen molar-refractivity contribution in [3.63, 3.8) is 0 Å². The van der Waals surface area contributed by atoms with E-state index < -0.39 is 0 Å². The monoisotopic (exact) mass is 346 g/mol. The number of nitrogens with one attached hydrogen (secondary N) is 1. The number of hydrogen-bond acceptors (Lipinski definition) is 5. The summed E-state index contributed by atoms with van der Waals surface area (Å²) in [5, 5.41) is 3.94. The number of para-hydroxylation sites is 2. The molecule has 1 heterocycles. The Morgan fingerprint density at radius 2 is 2.04 bits per heavy atom. The molecule has 0 fully saturated rings. The molecule has 1 aromatic heterocycles. The maximum atomic E-state index is 12.1. The third kappa shape index (κ3) is 3.87. The van der Waals surface area contributed by atoms with Gasteiger partial charge in [-0.05, 0) is 44.7 Å². The average molecular weight is 346 g/mol. The fraction of sp³-hybridized carbons (Fsp3) is 0.444. The number of benzene rings is 1. The number of carbonyl (C=O) groups is 1. The van der Waals surface area contributed by atoms with Crippen molar-refractivity contribution in [2.75, 3.05) is 13.7 Å². The van der Waals surface area contributed by atoms with Gasteiger partial charge in [-0.15, -0.1) is 11.3 Å². The maximum Gasteiger partial charge on any atom is 0.258 e. The maximum absolute atomic E-state index is 12.1. The number of carbonyl (C=O) groups excluding carboxylic acids is 1. The first-order valence-corrected chi connectivity index (χ1v) is 9.02. The standard InChI is InChI=1S/C18H22N2O3S/c1-12(18-20-13-7-3-6-10-16(13)24-18)19-17(21)11-23-15-9-5-4-8-14(15)22-2/h4-5,8-9,12H,3,6-7,10-11H2,1-2H3,(H,19,21)/t12-/m1/s1. The quantitative estimate of drug-likeness (QED) is 0.872. The van der Waals surface area contributed by atoms with E-state index in [2.05, 4.69) is 5.32 Å². The SMILES string of the molecule is COc1ccccc1OCC(=O)N[C@H](C)c1nc2c(s1)CCCC2. The second kappa shape index (κ2) is 7.66. The third-order valence-electron chi connectivity index (χ3n) is 4.04. The van der Waals surface area contributed by atoms with E-state index in [9.17, 15) is 4.79 Å². The number of amides is 1. The normalized spacial score (nSPS) is 14.6. The van der Waals surface area contributed by atoms with Crippen molar-refractivity contribution in [1.82, 2.24) is 10.3 Å². The fourth-order valence-electron chi connectivity index (χ4n) is 2.78. The Kier molecular flexibility index (Phi) is 5.35. The van der Waals surface area contributed by atoms with Crippen LogP contribution in [0, 0.1) is 0 Å². The van der Waals surface area contributed by atoms with Crippen LogP contribution in [-0.2, 0) is 17.6 Å². The number of methoxy groups -OCH3 is 1. The smallest absolute Gasteiger partial charge is 0.258 e. The van der Waals surface area contributed by atoms with E-state index in [1.54, 1.807) is 30.6 Å². The van der Waals surface area contributed by atoms with E-state index in [0.29, 0.717) is 11.5 Å². The van der Waals surface area contributed by atoms with Gasteiger partial charge in [0, 0.05) is 4.88 Å². The van der Waals surface area contributed by atoms with Gasteiger partial charge in [0.25, 0.3) is 5.91 Å². The summed E-state index contributed by atoms with van der Waals surface area (Å²) in [6, 6.07) is 7.19. The first-order chi connectivity index (χ1) is 11.7. The second-order valence-electron chi connectivity index (χ2n) is 5.86. The predicted molar refractivity (Wildman–Crippen MR) is 93.8 cm³/mol. The van der Waals surface area contributed by atoms with Gasteiger partial charge in [0.05, 0.1) is 18.8 Å². The first kappa shape index (κ1) is 16.8. The van der Waals surface area contributed by atoms with E-state index in [4.69, 9.17) is 14.5 Å². The lowest BCUT2D eigenvalue weighted by Crippen LogP contribution is -2.31. The van der Waals surface area contributed by atoms with Gasteiger partial charge in [0.2, 0.25) is 0 Å². The molecular weight excluding hydrogens is 324 g/mol. The van der Waals surface area contributed by atoms with Crippen LogP contribution in [0.4, 0.5) is 0 Å². The highest BCUT2D eigenvalue weighted by atomic mass is 32.1. The number of thiazole rings is 1. The molecule has 0 saturated heterocycles. The van der Waals surface area contributed by atoms with Gasteiger partial charge in [-0.3, -0.25) is 4.79 Å². The Morgan fingerprint density at radius 1 is 1.29 bits per heavy atom. The molecule has 0 saturated carbocycles. The highest BCUT2D eigenvalue weighted by Gasteiger charge is 2.19. The van der Waals surface area contributed by atoms with Crippen LogP contribution in [0.15, 0.2) is 24.3 Å². The molecular formula is C18H22N2O3S. The van der Waals surface area contributed by atoms with E-state index >= 15 is 0 Å². The molecule has 0 spiro atoms. The molecule has 2 aromatic rings. The van der Waals surface area contributed by atoms with Crippen LogP contribution in [0.5, 0.6) is 11.5 Å². The van der Waals surface area contributed by atoms with E-state index in [1.165, 1.54) is 23.4 Å². The van der Waals surface area contributed by atoms with Gasteiger partial charge in [0.15, 0.2) is 18.1 Å². The molecule has 128 valence electrons. The third-order valence-corrected chi connectivity index (χ3v) is 5.38. The minimum absolute atomic E-state index is 0.0458. The van der Waals surface area contributed by atoms with Crippen LogP contribution in [0.1, 0.15) is 41.4 Å². The summed E-state index contributed by atoms with van der Waals surface area (Å²) in [7, 11) is 1.58. The minimum Gasteiger partial charge on any atom is -0.493 e. The Bertz CT molecular complexity index is 691. The minimum atomic E-state index is -0.165. The molecule has 1 N–H and O–H groups in total. The molecule has 1 aromatic carbocycles. The van der Waals surface area contributed by atoms with Crippen molar-refractivity contribution in [3.05, 3.63) is 39.8 Å². The van der Waals surface area contributed by atoms with Gasteiger partial charge >= 0.3 is 0 Å². The lowest BCUT2D eigenvalue weighted by Gasteiger charge is -2.13. The van der Waals surface area contributed by atoms with Crippen LogP contribution >= 0.6 is 11.3 Å². The zero-order valence-electron chi connectivity index (χ0n) is 14.0. The summed E-state index contributed by atoms with van der Waals surface area (Å²) in [5.74, 6) is 1.01. The topological polar surface area (TPSA) is 60.5 Å². The molecule has 1 aliphatic carbocycles. The average Bonchev–Trinajstić information content (AvgIpc) is 3.04. The van der Waals surface area contributed by atoms with Crippen LogP contribution in [0.25, 0.3) is 0 Å². The Hall–Kier alpha value is -2.08. The van der Waals surface area contributed by atoms with Gasteiger partial charge < -0.3 is 14.8 Å². The summed E-state index contributed by atoms with van der Waals surface area (Å²) in [6.45, 7) is 1.92. The molecule has 0 bridgehead atoms. The lowest BCUT2D eigenvalue weighted by atomic mass is 10.0. The zero-order chi connectivity index (χ0) is 16.9. The zero-order valence-corrected chi connectivity index (χ0v) is 14.8. The van der Waals surface area contributed by atoms with Crippen molar-refractivity contribution in [1.29, 1.82) is 0 Å². The molecule has 6 heteroatoms. The summed E-state index contributed by atoms with van der Waals surface area (Å²) < 4.78 is 10.8. The molecule has 1 atom stereocenters. The Morgan fingerprint density at radius 3 is 2.79 bits per heavy atom. The molecule has 24 heavy (non-hydrogen) atoms. The van der Waals surface area contributed by atoms with Crippen molar-refractivity contribution in [2.45, 2.75) is 38.6 Å². The van der Waals surface area contributed by atoms with Gasteiger partial charge in [-0.25, -0.2) is 4.98 Å². The van der Waals surface area contributed by atoms with Crippen molar-refractivity contribution >= 4 is 17.2 Å². The van der Waals surface area contributed by atoms with E-state index in [1.807, 2.05) is 19.1 Å². The molecule has 5 nitrogen and oxygen atoms in total. The number of fused-ring (bicyclic) bond motifs is 1. The van der Waals surface area contributed by atoms with Crippen molar-refractivity contribution < 1.29 is 14.3 Å². The first-order valence-electron chi connectivity index (χ1n) is 8.21. The molecule has 1 aliphatic rings. The largest absolute Gasteiger partial charge is 0.493 e. The number of aromatic nitrogens is 1. The Balaban J connectivity index is 1.55. The summed E-state index contributed by atoms with van der Waals surface area (Å²) in [6.07, 6.45) is 4.62. The van der Waals surface area contributed by atoms with Crippen LogP contribution in [0.2, 0.25) is 0 Å². The highest BCUT2D eigenvalue weighted by Crippen LogP contribution is 2.30. The van der Waals surface area contributed by atoms with Crippen molar-refractivity contribution in [2.24, 2.45) is 0 Å². The number of rotatable bonds is 6. The van der Waals surface area contributed by atoms with Crippen molar-refractivity contribution in [3.8, 4) is 11.5 Å². The number of hydrogen-bond donors (Lipinski definition) is 1. The van der Waals surface area contributed by atoms with Crippen LogP contribution in [0.3, 0.4) is 0 Å². The second-order valence-corrected chi connectivity index (χ2v) is 6.97. The van der Waals surface area contributed by atoms with Gasteiger partial charge in [-0.1, -0.05) is 12.1 Å². The summed E-state index contributed by atoms with van der Waals surface area (Å²) >= 11 is 1.72. The molecule has 0 unspecified atom stereocenters. The summed E-state index contributed by atoms with van der Waals surface area (Å²) in [4.78, 5) is 18.2.